The molecule has 0 radical (unpaired) electrons. The molecule has 0 fully saturated rings. The Morgan fingerprint density at radius 3 is 1.13 bits per heavy atom. The van der Waals surface area contributed by atoms with Gasteiger partial charge in [0.05, 0.1) is 0 Å². The monoisotopic (exact) mass is 690 g/mol. The second-order valence-corrected chi connectivity index (χ2v) is 11.7. The number of esters is 4. The van der Waals surface area contributed by atoms with E-state index in [2.05, 4.69) is 50.0 Å². The van der Waals surface area contributed by atoms with Crippen LogP contribution in [-0.4, -0.2) is 23.9 Å². The molecule has 0 heterocycles. The van der Waals surface area contributed by atoms with E-state index >= 15 is 0 Å². The van der Waals surface area contributed by atoms with Crippen molar-refractivity contribution in [2.45, 2.75) is 27.7 Å². The zero-order chi connectivity index (χ0) is 37.9. The molecule has 0 amide bonds. The summed E-state index contributed by atoms with van der Waals surface area (Å²) in [5.74, 6) is 10.3. The highest BCUT2D eigenvalue weighted by Crippen LogP contribution is 2.32. The lowest BCUT2D eigenvalue weighted by atomic mass is 10.0. The Balaban J connectivity index is 1.68. The number of hydrogen-bond acceptors (Lipinski definition) is 8. The largest absolute Gasteiger partial charge is 0.423 e. The predicted octanol–water partition coefficient (Wildman–Crippen LogP) is 8.08. The van der Waals surface area contributed by atoms with E-state index in [-0.39, 0.29) is 33.8 Å². The molecular weight excluding hydrogens is 656 g/mol. The van der Waals surface area contributed by atoms with Crippen molar-refractivity contribution >= 4 is 23.9 Å². The summed E-state index contributed by atoms with van der Waals surface area (Å²) in [6, 6.07) is 24.0. The lowest BCUT2D eigenvalue weighted by Gasteiger charge is -2.12. The summed E-state index contributed by atoms with van der Waals surface area (Å²) < 4.78 is 21.8. The molecule has 8 heteroatoms. The van der Waals surface area contributed by atoms with E-state index in [0.29, 0.717) is 33.8 Å². The minimum atomic E-state index is -0.716. The average molecular weight is 691 g/mol. The highest BCUT2D eigenvalue weighted by Gasteiger charge is 2.18. The van der Waals surface area contributed by atoms with Crippen LogP contribution in [0.3, 0.4) is 0 Å². The number of hydrogen-bond donors (Lipinski definition) is 0. The van der Waals surface area contributed by atoms with Gasteiger partial charge in [0, 0.05) is 39.0 Å². The molecule has 0 aliphatic rings. The van der Waals surface area contributed by atoms with Crippen molar-refractivity contribution in [2.75, 3.05) is 0 Å². The van der Waals surface area contributed by atoms with Crippen LogP contribution < -0.4 is 18.9 Å². The number of carbonyl (C=O) groups excluding carboxylic acids is 4. The van der Waals surface area contributed by atoms with E-state index in [1.165, 1.54) is 26.0 Å². The molecule has 0 bridgehead atoms. The topological polar surface area (TPSA) is 105 Å². The first kappa shape index (κ1) is 37.7. The average Bonchev–Trinajstić information content (AvgIpc) is 3.11. The first-order chi connectivity index (χ1) is 24.7. The third kappa shape index (κ3) is 10.4. The maximum atomic E-state index is 12.7. The molecule has 4 rings (SSSR count). The van der Waals surface area contributed by atoms with Gasteiger partial charge in [-0.1, -0.05) is 74.3 Å². The molecule has 258 valence electrons. The van der Waals surface area contributed by atoms with Gasteiger partial charge in [-0.25, -0.2) is 19.2 Å². The quantitative estimate of drug-likeness (QED) is 0.0752. The number of ether oxygens (including phenoxy) is 4. The fourth-order valence-corrected chi connectivity index (χ4v) is 4.06. The van der Waals surface area contributed by atoms with Crippen molar-refractivity contribution in [3.8, 4) is 57.8 Å². The van der Waals surface area contributed by atoms with Gasteiger partial charge in [-0.3, -0.25) is 0 Å². The van der Waals surface area contributed by atoms with Crippen LogP contribution in [-0.2, 0) is 19.2 Å². The lowest BCUT2D eigenvalue weighted by molar-refractivity contribution is -0.131. The molecule has 0 atom stereocenters. The smallest absolute Gasteiger partial charge is 0.338 e. The molecule has 0 aliphatic carbocycles. The summed E-state index contributed by atoms with van der Waals surface area (Å²) in [5, 5.41) is 0. The molecule has 0 N–H and O–H groups in total. The van der Waals surface area contributed by atoms with Crippen molar-refractivity contribution < 1.29 is 38.1 Å². The molecule has 0 saturated carbocycles. The summed E-state index contributed by atoms with van der Waals surface area (Å²) in [4.78, 5) is 49.0. The van der Waals surface area contributed by atoms with Gasteiger partial charge < -0.3 is 18.9 Å². The maximum absolute atomic E-state index is 12.7. The molecule has 0 saturated heterocycles. The van der Waals surface area contributed by atoms with Crippen LogP contribution in [0.1, 0.15) is 49.9 Å². The number of rotatable bonds is 9. The van der Waals surface area contributed by atoms with E-state index < -0.39 is 23.9 Å². The maximum Gasteiger partial charge on any atom is 0.338 e. The summed E-state index contributed by atoms with van der Waals surface area (Å²) in [6.45, 7) is 20.6. The molecule has 4 aromatic carbocycles. The van der Waals surface area contributed by atoms with Gasteiger partial charge in [-0.05, 0) is 99.5 Å². The van der Waals surface area contributed by atoms with Gasteiger partial charge in [0.25, 0.3) is 0 Å². The summed E-state index contributed by atoms with van der Waals surface area (Å²) >= 11 is 0. The SMILES string of the molecule is C=C(C)C(=O)Oc1ccc(C#Cc2c(OC(=O)C(=C)C)cc(C#Cc3ccc(-c4ccc(OC(=O)C(=C)C)cc4)cc3)cc2OC(=O)C(=C)C)cc1. The Morgan fingerprint density at radius 2 is 0.731 bits per heavy atom. The van der Waals surface area contributed by atoms with Crippen molar-refractivity contribution in [3.63, 3.8) is 0 Å². The van der Waals surface area contributed by atoms with E-state index in [9.17, 15) is 19.2 Å². The van der Waals surface area contributed by atoms with Gasteiger partial charge in [-0.2, -0.15) is 0 Å². The van der Waals surface area contributed by atoms with Gasteiger partial charge in [-0.15, -0.1) is 0 Å². The fraction of sp³-hybridized carbons (Fsp3) is 0.0909. The van der Waals surface area contributed by atoms with E-state index in [4.69, 9.17) is 18.9 Å². The molecule has 0 aromatic heterocycles. The van der Waals surface area contributed by atoms with Crippen LogP contribution in [0.2, 0.25) is 0 Å². The van der Waals surface area contributed by atoms with Crippen LogP contribution in [0.15, 0.2) is 134 Å². The summed E-state index contributed by atoms with van der Waals surface area (Å²) in [6.07, 6.45) is 0. The summed E-state index contributed by atoms with van der Waals surface area (Å²) in [5.41, 5.74) is 4.34. The van der Waals surface area contributed by atoms with Crippen LogP contribution >= 0.6 is 0 Å². The Morgan fingerprint density at radius 1 is 0.423 bits per heavy atom. The number of benzene rings is 4. The molecular formula is C44H34O8. The van der Waals surface area contributed by atoms with E-state index in [0.717, 1.165) is 11.1 Å². The highest BCUT2D eigenvalue weighted by molar-refractivity contribution is 5.91. The van der Waals surface area contributed by atoms with Crippen molar-refractivity contribution in [1.29, 1.82) is 0 Å². The lowest BCUT2D eigenvalue weighted by Crippen LogP contribution is -2.12. The normalized spacial score (nSPS) is 9.85. The van der Waals surface area contributed by atoms with Crippen molar-refractivity contribution in [3.05, 3.63) is 156 Å². The van der Waals surface area contributed by atoms with Crippen LogP contribution in [0.25, 0.3) is 11.1 Å². The second kappa shape index (κ2) is 17.0. The first-order valence-electron chi connectivity index (χ1n) is 15.7. The Bertz CT molecular complexity index is 2200. The second-order valence-electron chi connectivity index (χ2n) is 11.7. The van der Waals surface area contributed by atoms with Crippen LogP contribution in [0, 0.1) is 23.7 Å². The van der Waals surface area contributed by atoms with E-state index in [1.807, 2.05) is 36.4 Å². The fourth-order valence-electron chi connectivity index (χ4n) is 4.06. The Hall–Kier alpha value is -7.16. The van der Waals surface area contributed by atoms with Crippen molar-refractivity contribution in [1.82, 2.24) is 0 Å². The molecule has 0 spiro atoms. The molecule has 4 aromatic rings. The first-order valence-corrected chi connectivity index (χ1v) is 15.7. The van der Waals surface area contributed by atoms with Gasteiger partial charge >= 0.3 is 23.9 Å². The molecule has 0 aliphatic heterocycles. The molecule has 52 heavy (non-hydrogen) atoms. The highest BCUT2D eigenvalue weighted by atomic mass is 16.6. The van der Waals surface area contributed by atoms with Gasteiger partial charge in [0.15, 0.2) is 11.5 Å². The summed E-state index contributed by atoms with van der Waals surface area (Å²) in [7, 11) is 0. The zero-order valence-corrected chi connectivity index (χ0v) is 29.2. The Kier molecular flexibility index (Phi) is 12.3. The van der Waals surface area contributed by atoms with Gasteiger partial charge in [0.2, 0.25) is 0 Å². The number of carbonyl (C=O) groups is 4. The Labute approximate surface area is 302 Å². The minimum Gasteiger partial charge on any atom is -0.423 e. The van der Waals surface area contributed by atoms with E-state index in [1.54, 1.807) is 50.2 Å². The minimum absolute atomic E-state index is 0.00320. The third-order valence-corrected chi connectivity index (χ3v) is 6.90. The van der Waals surface area contributed by atoms with Gasteiger partial charge in [0.1, 0.15) is 17.1 Å². The third-order valence-electron chi connectivity index (χ3n) is 6.90. The predicted molar refractivity (Wildman–Crippen MR) is 199 cm³/mol. The standard InChI is InChI=1S/C44H34O8/c1-27(2)41(45)49-36-20-13-32(14-21-36)15-24-38-39(51-43(47)29(5)6)25-33(26-40(38)52-44(48)30(7)8)10-9-31-11-16-34(17-12-31)35-18-22-37(23-19-35)50-42(46)28(3)4/h11-14,16-23,25-26H,1,3,5,7H2,2,4,6,8H3. The molecule has 0 unspecified atom stereocenters. The van der Waals surface area contributed by atoms with Crippen LogP contribution in [0.5, 0.6) is 23.0 Å². The zero-order valence-electron chi connectivity index (χ0n) is 29.2. The van der Waals surface area contributed by atoms with Crippen molar-refractivity contribution in [2.24, 2.45) is 0 Å². The van der Waals surface area contributed by atoms with Crippen LogP contribution in [0.4, 0.5) is 0 Å². The molecule has 8 nitrogen and oxygen atoms in total.